The Labute approximate surface area is 120 Å². The lowest BCUT2D eigenvalue weighted by molar-refractivity contribution is -0.132. The van der Waals surface area contributed by atoms with E-state index in [2.05, 4.69) is 15.2 Å². The van der Waals surface area contributed by atoms with Crippen molar-refractivity contribution in [1.29, 1.82) is 0 Å². The number of nitrogens with zero attached hydrogens (tertiary/aromatic N) is 4. The van der Waals surface area contributed by atoms with Crippen LogP contribution in [0.15, 0.2) is 12.4 Å². The van der Waals surface area contributed by atoms with E-state index < -0.39 is 0 Å². The third kappa shape index (κ3) is 3.19. The van der Waals surface area contributed by atoms with Crippen molar-refractivity contribution < 1.29 is 4.79 Å². The molecule has 1 aliphatic rings. The van der Waals surface area contributed by atoms with E-state index in [-0.39, 0.29) is 11.9 Å². The molecule has 1 fully saturated rings. The Kier molecular flexibility index (Phi) is 5.14. The van der Waals surface area contributed by atoms with Crippen LogP contribution in [-0.2, 0) is 11.8 Å². The molecule has 0 radical (unpaired) electrons. The van der Waals surface area contributed by atoms with Crippen LogP contribution in [0.4, 0.5) is 0 Å². The second kappa shape index (κ2) is 6.85. The summed E-state index contributed by atoms with van der Waals surface area (Å²) in [4.78, 5) is 20.9. The quantitative estimate of drug-likeness (QED) is 0.838. The summed E-state index contributed by atoms with van der Waals surface area (Å²) in [6.07, 6.45) is 3.77. The van der Waals surface area contributed by atoms with Crippen molar-refractivity contribution in [3.8, 4) is 0 Å². The summed E-state index contributed by atoms with van der Waals surface area (Å²) in [5, 5.41) is 3.39. The largest absolute Gasteiger partial charge is 0.342 e. The zero-order chi connectivity index (χ0) is 14.5. The van der Waals surface area contributed by atoms with Gasteiger partial charge in [0.1, 0.15) is 5.82 Å². The molecular weight excluding hydrogens is 254 g/mol. The van der Waals surface area contributed by atoms with Crippen LogP contribution in [0.1, 0.15) is 25.7 Å². The first-order valence-electron chi connectivity index (χ1n) is 7.37. The molecule has 0 aromatic carbocycles. The van der Waals surface area contributed by atoms with Gasteiger partial charge in [0.2, 0.25) is 5.91 Å². The number of hydrogen-bond acceptors (Lipinski definition) is 4. The van der Waals surface area contributed by atoms with Crippen molar-refractivity contribution in [3.63, 3.8) is 0 Å². The summed E-state index contributed by atoms with van der Waals surface area (Å²) < 4.78 is 2.03. The van der Waals surface area contributed by atoms with Crippen LogP contribution >= 0.6 is 0 Å². The SMILES string of the molecule is CCN(CC)C(=O)CN1CCNCC1c1nccn1C. The minimum absolute atomic E-state index is 0.170. The van der Waals surface area contributed by atoms with Gasteiger partial charge < -0.3 is 14.8 Å². The average Bonchev–Trinajstić information content (AvgIpc) is 2.87. The van der Waals surface area contributed by atoms with Gasteiger partial charge in [-0.05, 0) is 13.8 Å². The fraction of sp³-hybridized carbons (Fsp3) is 0.714. The fourth-order valence-corrected chi connectivity index (χ4v) is 2.74. The lowest BCUT2D eigenvalue weighted by atomic mass is 10.1. The van der Waals surface area contributed by atoms with Crippen LogP contribution in [0, 0.1) is 0 Å². The molecule has 20 heavy (non-hydrogen) atoms. The van der Waals surface area contributed by atoms with Crippen LogP contribution in [0.25, 0.3) is 0 Å². The summed E-state index contributed by atoms with van der Waals surface area (Å²) in [6, 6.07) is 0.170. The summed E-state index contributed by atoms with van der Waals surface area (Å²) in [7, 11) is 2.00. The molecule has 6 nitrogen and oxygen atoms in total. The van der Waals surface area contributed by atoms with E-state index in [0.717, 1.165) is 38.5 Å². The second-order valence-electron chi connectivity index (χ2n) is 5.15. The molecule has 112 valence electrons. The molecule has 1 N–H and O–H groups in total. The molecule has 1 unspecified atom stereocenters. The third-order valence-electron chi connectivity index (χ3n) is 3.97. The first-order valence-corrected chi connectivity index (χ1v) is 7.37. The number of nitrogens with one attached hydrogen (secondary N) is 1. The highest BCUT2D eigenvalue weighted by Crippen LogP contribution is 2.20. The maximum absolute atomic E-state index is 12.3. The minimum atomic E-state index is 0.170. The van der Waals surface area contributed by atoms with Crippen LogP contribution in [0.5, 0.6) is 0 Å². The fourth-order valence-electron chi connectivity index (χ4n) is 2.74. The Hall–Kier alpha value is -1.40. The number of carbonyl (C=O) groups is 1. The average molecular weight is 279 g/mol. The van der Waals surface area contributed by atoms with Crippen molar-refractivity contribution in [2.24, 2.45) is 7.05 Å². The highest BCUT2D eigenvalue weighted by Gasteiger charge is 2.28. The number of aryl methyl sites for hydroxylation is 1. The molecule has 0 spiro atoms. The molecular formula is C14H25N5O. The van der Waals surface area contributed by atoms with Gasteiger partial charge in [-0.25, -0.2) is 4.98 Å². The molecule has 1 atom stereocenters. The summed E-state index contributed by atoms with van der Waals surface area (Å²) >= 11 is 0. The Morgan fingerprint density at radius 3 is 2.85 bits per heavy atom. The highest BCUT2D eigenvalue weighted by molar-refractivity contribution is 5.78. The van der Waals surface area contributed by atoms with Gasteiger partial charge in [-0.15, -0.1) is 0 Å². The molecule has 1 saturated heterocycles. The van der Waals surface area contributed by atoms with Gasteiger partial charge in [0.15, 0.2) is 0 Å². The van der Waals surface area contributed by atoms with Gasteiger partial charge in [-0.3, -0.25) is 9.69 Å². The van der Waals surface area contributed by atoms with Crippen molar-refractivity contribution in [2.45, 2.75) is 19.9 Å². The van der Waals surface area contributed by atoms with E-state index in [9.17, 15) is 4.79 Å². The zero-order valence-corrected chi connectivity index (χ0v) is 12.7. The van der Waals surface area contributed by atoms with Gasteiger partial charge in [-0.2, -0.15) is 0 Å². The highest BCUT2D eigenvalue weighted by atomic mass is 16.2. The van der Waals surface area contributed by atoms with E-state index in [1.54, 1.807) is 0 Å². The van der Waals surface area contributed by atoms with Gasteiger partial charge >= 0.3 is 0 Å². The first-order chi connectivity index (χ1) is 9.67. The Morgan fingerprint density at radius 1 is 1.50 bits per heavy atom. The number of carbonyl (C=O) groups excluding carboxylic acids is 1. The van der Waals surface area contributed by atoms with E-state index in [0.29, 0.717) is 6.54 Å². The molecule has 6 heteroatoms. The maximum atomic E-state index is 12.3. The van der Waals surface area contributed by atoms with Gasteiger partial charge in [0.25, 0.3) is 0 Å². The topological polar surface area (TPSA) is 53.4 Å². The summed E-state index contributed by atoms with van der Waals surface area (Å²) in [5.74, 6) is 1.22. The van der Waals surface area contributed by atoms with E-state index in [1.165, 1.54) is 0 Å². The van der Waals surface area contributed by atoms with Crippen molar-refractivity contribution in [2.75, 3.05) is 39.3 Å². The molecule has 0 bridgehead atoms. The molecule has 0 aliphatic carbocycles. The maximum Gasteiger partial charge on any atom is 0.236 e. The van der Waals surface area contributed by atoms with Crippen molar-refractivity contribution in [1.82, 2.24) is 24.7 Å². The minimum Gasteiger partial charge on any atom is -0.342 e. The molecule has 1 aliphatic heterocycles. The van der Waals surface area contributed by atoms with Crippen LogP contribution in [0.2, 0.25) is 0 Å². The van der Waals surface area contributed by atoms with Crippen molar-refractivity contribution >= 4 is 5.91 Å². The summed E-state index contributed by atoms with van der Waals surface area (Å²) in [5.41, 5.74) is 0. The zero-order valence-electron chi connectivity index (χ0n) is 12.7. The number of likely N-dealkylation sites (N-methyl/N-ethyl adjacent to an activating group) is 1. The molecule has 1 aromatic heterocycles. The Morgan fingerprint density at radius 2 is 2.25 bits per heavy atom. The molecule has 0 saturated carbocycles. The number of imidazole rings is 1. The number of amides is 1. The van der Waals surface area contributed by atoms with Crippen LogP contribution < -0.4 is 5.32 Å². The van der Waals surface area contributed by atoms with Gasteiger partial charge in [-0.1, -0.05) is 0 Å². The predicted molar refractivity (Wildman–Crippen MR) is 78.3 cm³/mol. The number of aromatic nitrogens is 2. The lowest BCUT2D eigenvalue weighted by Gasteiger charge is -2.36. The normalized spacial score (nSPS) is 20.1. The second-order valence-corrected chi connectivity index (χ2v) is 5.15. The monoisotopic (exact) mass is 279 g/mol. The number of rotatable bonds is 5. The van der Waals surface area contributed by atoms with E-state index in [4.69, 9.17) is 0 Å². The molecule has 2 heterocycles. The van der Waals surface area contributed by atoms with Gasteiger partial charge in [0, 0.05) is 52.2 Å². The third-order valence-corrected chi connectivity index (χ3v) is 3.97. The number of piperazine rings is 1. The van der Waals surface area contributed by atoms with Gasteiger partial charge in [0.05, 0.1) is 12.6 Å². The van der Waals surface area contributed by atoms with E-state index in [1.807, 2.05) is 42.8 Å². The number of hydrogen-bond donors (Lipinski definition) is 1. The summed E-state index contributed by atoms with van der Waals surface area (Å²) in [6.45, 7) is 8.71. The molecule has 1 aromatic rings. The van der Waals surface area contributed by atoms with Crippen molar-refractivity contribution in [3.05, 3.63) is 18.2 Å². The van der Waals surface area contributed by atoms with Crippen LogP contribution in [0.3, 0.4) is 0 Å². The Bertz CT molecular complexity index is 441. The smallest absolute Gasteiger partial charge is 0.236 e. The standard InChI is InChI=1S/C14H25N5O/c1-4-18(5-2)13(20)11-19-9-6-15-10-12(19)14-16-7-8-17(14)3/h7-8,12,15H,4-6,9-11H2,1-3H3. The van der Waals surface area contributed by atoms with Crippen LogP contribution in [-0.4, -0.2) is 64.5 Å². The predicted octanol–water partition coefficient (Wildman–Crippen LogP) is 0.235. The van der Waals surface area contributed by atoms with E-state index >= 15 is 0 Å². The molecule has 2 rings (SSSR count). The first kappa shape index (κ1) is 15.0. The lowest BCUT2D eigenvalue weighted by Crippen LogP contribution is -2.50. The Balaban J connectivity index is 2.08. The molecule has 1 amide bonds.